The molecule has 0 saturated carbocycles. The first-order valence-electron chi connectivity index (χ1n) is 6.66. The second-order valence-electron chi connectivity index (χ2n) is 4.92. The number of carbonyl (C=O) groups excluding carboxylic acids is 1. The van der Waals surface area contributed by atoms with Gasteiger partial charge in [0, 0.05) is 12.8 Å². The number of aliphatic carboxylic acids is 1. The lowest BCUT2D eigenvalue weighted by atomic mass is 9.95. The molecule has 2 rings (SSSR count). The molecule has 0 aliphatic carbocycles. The lowest BCUT2D eigenvalue weighted by Gasteiger charge is -2.09. The van der Waals surface area contributed by atoms with E-state index in [1.54, 1.807) is 7.11 Å². The highest BCUT2D eigenvalue weighted by Gasteiger charge is 2.34. The fourth-order valence-electron chi connectivity index (χ4n) is 2.40. The molecule has 5 heteroatoms. The Labute approximate surface area is 117 Å². The van der Waals surface area contributed by atoms with Gasteiger partial charge in [-0.15, -0.1) is 0 Å². The summed E-state index contributed by atoms with van der Waals surface area (Å²) in [6.45, 7) is 0. The van der Waals surface area contributed by atoms with Crippen molar-refractivity contribution in [3.63, 3.8) is 0 Å². The number of esters is 1. The molecule has 0 aromatic heterocycles. The highest BCUT2D eigenvalue weighted by Crippen LogP contribution is 2.36. The monoisotopic (exact) mass is 278 g/mol. The maximum atomic E-state index is 11.8. The van der Waals surface area contributed by atoms with Crippen molar-refractivity contribution in [2.45, 2.75) is 31.8 Å². The highest BCUT2D eigenvalue weighted by atomic mass is 16.6. The average molecular weight is 278 g/mol. The predicted octanol–water partition coefficient (Wildman–Crippen LogP) is 2.55. The summed E-state index contributed by atoms with van der Waals surface area (Å²) in [4.78, 5) is 22.2. The Morgan fingerprint density at radius 2 is 2.10 bits per heavy atom. The van der Waals surface area contributed by atoms with E-state index in [0.29, 0.717) is 19.3 Å². The van der Waals surface area contributed by atoms with Gasteiger partial charge in [0.15, 0.2) is 0 Å². The Balaban J connectivity index is 1.91. The van der Waals surface area contributed by atoms with Crippen LogP contribution in [-0.4, -0.2) is 24.2 Å². The zero-order valence-corrected chi connectivity index (χ0v) is 11.4. The van der Waals surface area contributed by atoms with E-state index in [0.717, 1.165) is 11.3 Å². The van der Waals surface area contributed by atoms with Crippen LogP contribution >= 0.6 is 0 Å². The summed E-state index contributed by atoms with van der Waals surface area (Å²) in [7, 11) is 1.60. The lowest BCUT2D eigenvalue weighted by molar-refractivity contribution is -0.145. The van der Waals surface area contributed by atoms with Gasteiger partial charge in [0.1, 0.15) is 11.9 Å². The van der Waals surface area contributed by atoms with E-state index < -0.39 is 5.97 Å². The van der Waals surface area contributed by atoms with E-state index >= 15 is 0 Å². The van der Waals surface area contributed by atoms with E-state index in [2.05, 4.69) is 0 Å². The predicted molar refractivity (Wildman–Crippen MR) is 71.4 cm³/mol. The third-order valence-corrected chi connectivity index (χ3v) is 3.52. The number of cyclic esters (lactones) is 1. The molecule has 108 valence electrons. The fourth-order valence-corrected chi connectivity index (χ4v) is 2.40. The third-order valence-electron chi connectivity index (χ3n) is 3.52. The molecule has 0 bridgehead atoms. The number of methoxy groups -OCH3 is 1. The minimum atomic E-state index is -0.830. The molecule has 1 aromatic rings. The largest absolute Gasteiger partial charge is 0.497 e. The smallest absolute Gasteiger partial charge is 0.309 e. The van der Waals surface area contributed by atoms with E-state index in [1.807, 2.05) is 24.3 Å². The molecule has 0 amide bonds. The fraction of sp³-hybridized carbons (Fsp3) is 0.467. The zero-order valence-electron chi connectivity index (χ0n) is 11.4. The summed E-state index contributed by atoms with van der Waals surface area (Å²) >= 11 is 0. The lowest BCUT2D eigenvalue weighted by Crippen LogP contribution is -2.08. The number of hydrogen-bond donors (Lipinski definition) is 1. The molecule has 5 nitrogen and oxygen atoms in total. The van der Waals surface area contributed by atoms with E-state index in [-0.39, 0.29) is 24.4 Å². The second kappa shape index (κ2) is 6.41. The van der Waals surface area contributed by atoms with Gasteiger partial charge >= 0.3 is 11.9 Å². The number of carboxylic acids is 1. The Bertz CT molecular complexity index is 480. The molecule has 1 aliphatic heterocycles. The molecular weight excluding hydrogens is 260 g/mol. The van der Waals surface area contributed by atoms with E-state index in [9.17, 15) is 9.59 Å². The second-order valence-corrected chi connectivity index (χ2v) is 4.92. The minimum Gasteiger partial charge on any atom is -0.497 e. The van der Waals surface area contributed by atoms with Crippen molar-refractivity contribution >= 4 is 11.9 Å². The Hall–Kier alpha value is -2.04. The van der Waals surface area contributed by atoms with Crippen molar-refractivity contribution < 1.29 is 24.2 Å². The standard InChI is InChI=1S/C15H18O5/c1-19-12-7-5-10(6-8-12)13-9-11(15(18)20-13)3-2-4-14(16)17/h5-8,11,13H,2-4,9H2,1H3,(H,16,17). The molecular formula is C15H18O5. The number of carbonyl (C=O) groups is 2. The summed E-state index contributed by atoms with van der Waals surface area (Å²) in [6, 6.07) is 7.44. The number of carboxylic acid groups (broad SMARTS) is 1. The maximum Gasteiger partial charge on any atom is 0.309 e. The quantitative estimate of drug-likeness (QED) is 0.809. The molecule has 0 radical (unpaired) electrons. The van der Waals surface area contributed by atoms with Crippen LogP contribution in [0.3, 0.4) is 0 Å². The Morgan fingerprint density at radius 1 is 1.40 bits per heavy atom. The Morgan fingerprint density at radius 3 is 2.70 bits per heavy atom. The maximum absolute atomic E-state index is 11.8. The Kier molecular flexibility index (Phi) is 4.61. The topological polar surface area (TPSA) is 72.8 Å². The van der Waals surface area contributed by atoms with Crippen LogP contribution in [0.5, 0.6) is 5.75 Å². The van der Waals surface area contributed by atoms with Crippen LogP contribution in [0.15, 0.2) is 24.3 Å². The van der Waals surface area contributed by atoms with Gasteiger partial charge in [-0.3, -0.25) is 9.59 Å². The van der Waals surface area contributed by atoms with Gasteiger partial charge < -0.3 is 14.6 Å². The number of rotatable bonds is 6. The van der Waals surface area contributed by atoms with Gasteiger partial charge in [-0.25, -0.2) is 0 Å². The first-order valence-corrected chi connectivity index (χ1v) is 6.66. The molecule has 1 fully saturated rings. The van der Waals surface area contributed by atoms with Crippen LogP contribution in [0, 0.1) is 5.92 Å². The van der Waals surface area contributed by atoms with Crippen molar-refractivity contribution in [3.8, 4) is 5.75 Å². The molecule has 0 spiro atoms. The molecule has 1 heterocycles. The average Bonchev–Trinajstić information content (AvgIpc) is 2.80. The minimum absolute atomic E-state index is 0.0942. The summed E-state index contributed by atoms with van der Waals surface area (Å²) in [6.07, 6.45) is 1.55. The number of benzene rings is 1. The summed E-state index contributed by atoms with van der Waals surface area (Å²) in [5, 5.41) is 8.60. The van der Waals surface area contributed by atoms with Crippen LogP contribution in [0.25, 0.3) is 0 Å². The number of hydrogen-bond acceptors (Lipinski definition) is 4. The molecule has 1 saturated heterocycles. The van der Waals surface area contributed by atoms with Gasteiger partial charge in [0.2, 0.25) is 0 Å². The van der Waals surface area contributed by atoms with Crippen LogP contribution in [-0.2, 0) is 14.3 Å². The SMILES string of the molecule is COc1ccc(C2CC(CCCC(=O)O)C(=O)O2)cc1. The summed E-state index contributed by atoms with van der Waals surface area (Å²) < 4.78 is 10.5. The molecule has 1 aliphatic rings. The van der Waals surface area contributed by atoms with Gasteiger partial charge in [0.05, 0.1) is 13.0 Å². The zero-order chi connectivity index (χ0) is 14.5. The van der Waals surface area contributed by atoms with Crippen molar-refractivity contribution in [1.29, 1.82) is 0 Å². The van der Waals surface area contributed by atoms with Gasteiger partial charge in [-0.1, -0.05) is 12.1 Å². The van der Waals surface area contributed by atoms with E-state index in [1.165, 1.54) is 0 Å². The van der Waals surface area contributed by atoms with E-state index in [4.69, 9.17) is 14.6 Å². The molecule has 20 heavy (non-hydrogen) atoms. The third kappa shape index (κ3) is 3.50. The molecule has 2 unspecified atom stereocenters. The van der Waals surface area contributed by atoms with Crippen LogP contribution < -0.4 is 4.74 Å². The first kappa shape index (κ1) is 14.4. The normalized spacial score (nSPS) is 21.6. The van der Waals surface area contributed by atoms with Crippen LogP contribution in [0.4, 0.5) is 0 Å². The van der Waals surface area contributed by atoms with Gasteiger partial charge in [-0.2, -0.15) is 0 Å². The molecule has 1 N–H and O–H groups in total. The van der Waals surface area contributed by atoms with Gasteiger partial charge in [-0.05, 0) is 30.5 Å². The summed E-state index contributed by atoms with van der Waals surface area (Å²) in [5.74, 6) is -0.489. The highest BCUT2D eigenvalue weighted by molar-refractivity contribution is 5.75. The van der Waals surface area contributed by atoms with Crippen molar-refractivity contribution in [1.82, 2.24) is 0 Å². The van der Waals surface area contributed by atoms with Crippen molar-refractivity contribution in [2.24, 2.45) is 5.92 Å². The van der Waals surface area contributed by atoms with Gasteiger partial charge in [0.25, 0.3) is 0 Å². The summed E-state index contributed by atoms with van der Waals surface area (Å²) in [5.41, 5.74) is 0.944. The molecule has 2 atom stereocenters. The molecule has 1 aromatic carbocycles. The first-order chi connectivity index (χ1) is 9.60. The van der Waals surface area contributed by atoms with Crippen molar-refractivity contribution in [2.75, 3.05) is 7.11 Å². The van der Waals surface area contributed by atoms with Crippen molar-refractivity contribution in [3.05, 3.63) is 29.8 Å². The number of ether oxygens (including phenoxy) is 2. The van der Waals surface area contributed by atoms with Crippen LogP contribution in [0.1, 0.15) is 37.4 Å². The van der Waals surface area contributed by atoms with Crippen LogP contribution in [0.2, 0.25) is 0 Å².